The average molecular weight is 448 g/mol. The van der Waals surface area contributed by atoms with Crippen molar-refractivity contribution >= 4 is 23.0 Å². The summed E-state index contributed by atoms with van der Waals surface area (Å²) >= 11 is 0. The highest BCUT2D eigenvalue weighted by atomic mass is 16.3. The van der Waals surface area contributed by atoms with Crippen molar-refractivity contribution in [3.63, 3.8) is 0 Å². The van der Waals surface area contributed by atoms with Crippen molar-refractivity contribution in [1.82, 2.24) is 4.90 Å². The average Bonchev–Trinajstić information content (AvgIpc) is 2.84. The Labute approximate surface area is 192 Å². The minimum absolute atomic E-state index is 0.0920. The van der Waals surface area contributed by atoms with Crippen LogP contribution in [0.5, 0.6) is 5.75 Å². The first-order valence-electron chi connectivity index (χ1n) is 11.3. The fourth-order valence-electron chi connectivity index (χ4n) is 4.60. The summed E-state index contributed by atoms with van der Waals surface area (Å²) in [5.41, 5.74) is 0.509. The van der Waals surface area contributed by atoms with Crippen LogP contribution in [-0.4, -0.2) is 30.0 Å². The molecule has 4 rings (SSSR count). The number of amides is 1. The van der Waals surface area contributed by atoms with Crippen LogP contribution in [0, 0.1) is 5.92 Å². The molecule has 0 aliphatic heterocycles. The van der Waals surface area contributed by atoms with Crippen LogP contribution in [0.3, 0.4) is 0 Å². The maximum absolute atomic E-state index is 12.5. The summed E-state index contributed by atoms with van der Waals surface area (Å²) in [5, 5.41) is 16.9. The number of carbonyl (C=O) groups is 1. The first kappa shape index (κ1) is 22.6. The third-order valence-corrected chi connectivity index (χ3v) is 6.42. The van der Waals surface area contributed by atoms with E-state index in [1.807, 2.05) is 30.3 Å². The second kappa shape index (κ2) is 9.48. The van der Waals surface area contributed by atoms with Crippen LogP contribution in [0.4, 0.5) is 17.1 Å². The van der Waals surface area contributed by atoms with Crippen LogP contribution < -0.4 is 21.5 Å². The monoisotopic (exact) mass is 447 g/mol. The molecule has 0 radical (unpaired) electrons. The number of phenolic OH excluding ortho intramolecular Hbond substituents is 1. The minimum Gasteiger partial charge on any atom is -0.505 e. The molecule has 33 heavy (non-hydrogen) atoms. The van der Waals surface area contributed by atoms with Gasteiger partial charge >= 0.3 is 0 Å². The lowest BCUT2D eigenvalue weighted by Crippen LogP contribution is -2.38. The molecule has 0 bridgehead atoms. The SMILES string of the molecule is CN(C)C(=O)c1cccc(Nc2c(NC(c3ccccc3)C3CCCCC3)c(=O)c2=O)c1O. The van der Waals surface area contributed by atoms with Crippen molar-refractivity contribution < 1.29 is 9.90 Å². The summed E-state index contributed by atoms with van der Waals surface area (Å²) in [6.07, 6.45) is 5.62. The number of carbonyl (C=O) groups excluding carboxylic acids is 1. The van der Waals surface area contributed by atoms with Crippen molar-refractivity contribution in [2.75, 3.05) is 24.7 Å². The van der Waals surface area contributed by atoms with E-state index in [4.69, 9.17) is 0 Å². The number of nitrogens with zero attached hydrogens (tertiary/aromatic N) is 1. The highest BCUT2D eigenvalue weighted by molar-refractivity contribution is 5.99. The van der Waals surface area contributed by atoms with Gasteiger partial charge in [-0.2, -0.15) is 0 Å². The number of anilines is 3. The van der Waals surface area contributed by atoms with Crippen molar-refractivity contribution in [2.24, 2.45) is 5.92 Å². The predicted molar refractivity (Wildman–Crippen MR) is 130 cm³/mol. The summed E-state index contributed by atoms with van der Waals surface area (Å²) in [4.78, 5) is 38.7. The molecule has 1 atom stereocenters. The van der Waals surface area contributed by atoms with Crippen molar-refractivity contribution in [3.8, 4) is 5.75 Å². The zero-order valence-corrected chi connectivity index (χ0v) is 18.9. The van der Waals surface area contributed by atoms with Crippen LogP contribution >= 0.6 is 0 Å². The third-order valence-electron chi connectivity index (χ3n) is 6.42. The number of nitrogens with one attached hydrogen (secondary N) is 2. The lowest BCUT2D eigenvalue weighted by molar-refractivity contribution is 0.0824. The van der Waals surface area contributed by atoms with Crippen molar-refractivity contribution in [1.29, 1.82) is 0 Å². The third kappa shape index (κ3) is 4.49. The van der Waals surface area contributed by atoms with E-state index in [2.05, 4.69) is 10.6 Å². The van der Waals surface area contributed by atoms with E-state index in [1.165, 1.54) is 17.4 Å². The van der Waals surface area contributed by atoms with Gasteiger partial charge in [0.1, 0.15) is 11.4 Å². The second-order valence-corrected chi connectivity index (χ2v) is 8.87. The van der Waals surface area contributed by atoms with Gasteiger partial charge in [0.2, 0.25) is 0 Å². The van der Waals surface area contributed by atoms with Gasteiger partial charge in [0, 0.05) is 14.1 Å². The van der Waals surface area contributed by atoms with Gasteiger partial charge in [-0.05, 0) is 36.5 Å². The largest absolute Gasteiger partial charge is 0.505 e. The molecule has 7 heteroatoms. The maximum Gasteiger partial charge on any atom is 0.257 e. The highest BCUT2D eigenvalue weighted by Crippen LogP contribution is 2.38. The van der Waals surface area contributed by atoms with E-state index in [1.54, 1.807) is 26.2 Å². The van der Waals surface area contributed by atoms with E-state index < -0.39 is 10.9 Å². The first-order chi connectivity index (χ1) is 15.9. The van der Waals surface area contributed by atoms with Crippen molar-refractivity contribution in [2.45, 2.75) is 38.1 Å². The first-order valence-corrected chi connectivity index (χ1v) is 11.3. The molecule has 3 N–H and O–H groups in total. The van der Waals surface area contributed by atoms with Gasteiger partial charge in [-0.3, -0.25) is 14.4 Å². The fourth-order valence-corrected chi connectivity index (χ4v) is 4.60. The Balaban J connectivity index is 1.65. The van der Waals surface area contributed by atoms with E-state index in [0.717, 1.165) is 31.2 Å². The van der Waals surface area contributed by atoms with Crippen LogP contribution in [0.15, 0.2) is 58.1 Å². The van der Waals surface area contributed by atoms with E-state index in [0.29, 0.717) is 5.92 Å². The van der Waals surface area contributed by atoms with Crippen LogP contribution in [0.2, 0.25) is 0 Å². The van der Waals surface area contributed by atoms with Gasteiger partial charge in [0.15, 0.2) is 5.75 Å². The van der Waals surface area contributed by atoms with Crippen LogP contribution in [0.1, 0.15) is 54.1 Å². The molecule has 3 aromatic carbocycles. The van der Waals surface area contributed by atoms with Gasteiger partial charge in [-0.1, -0.05) is 55.7 Å². The van der Waals surface area contributed by atoms with Crippen molar-refractivity contribution in [3.05, 3.63) is 80.1 Å². The summed E-state index contributed by atoms with van der Waals surface area (Å²) < 4.78 is 0. The molecule has 0 saturated heterocycles. The standard InChI is InChI=1S/C26H29N3O4/c1-29(2)26(33)18-14-9-15-19(23(18)30)27-21-22(25(32)24(21)31)28-20(16-10-5-3-6-11-16)17-12-7-4-8-13-17/h3,5-6,9-11,14-15,17,20,27-28,30H,4,7-8,12-13H2,1-2H3. The number of hydrogen-bond donors (Lipinski definition) is 3. The lowest BCUT2D eigenvalue weighted by Gasteiger charge is -2.33. The molecule has 172 valence electrons. The molecule has 1 saturated carbocycles. The topological polar surface area (TPSA) is 98.7 Å². The molecule has 0 aromatic heterocycles. The molecule has 1 amide bonds. The normalized spacial score (nSPS) is 15.2. The zero-order valence-electron chi connectivity index (χ0n) is 18.9. The Hall–Kier alpha value is -3.61. The molecular weight excluding hydrogens is 418 g/mol. The van der Waals surface area contributed by atoms with Crippen LogP contribution in [0.25, 0.3) is 0 Å². The zero-order chi connectivity index (χ0) is 23.5. The predicted octanol–water partition coefficient (Wildman–Crippen LogP) is 4.17. The van der Waals surface area contributed by atoms with Gasteiger partial charge in [0.25, 0.3) is 16.8 Å². The lowest BCUT2D eigenvalue weighted by atomic mass is 9.81. The summed E-state index contributed by atoms with van der Waals surface area (Å²) in [6.45, 7) is 0. The Kier molecular flexibility index (Phi) is 6.49. The van der Waals surface area contributed by atoms with Gasteiger partial charge < -0.3 is 20.6 Å². The van der Waals surface area contributed by atoms with E-state index in [9.17, 15) is 19.5 Å². The molecule has 1 aliphatic carbocycles. The number of hydrogen-bond acceptors (Lipinski definition) is 6. The quantitative estimate of drug-likeness (QED) is 0.371. The molecule has 7 nitrogen and oxygen atoms in total. The minimum atomic E-state index is -0.642. The van der Waals surface area contributed by atoms with Gasteiger partial charge in [-0.25, -0.2) is 0 Å². The molecule has 1 fully saturated rings. The number of para-hydroxylation sites is 1. The van der Waals surface area contributed by atoms with E-state index in [-0.39, 0.29) is 40.3 Å². The molecule has 1 unspecified atom stereocenters. The summed E-state index contributed by atoms with van der Waals surface area (Å²) in [5.74, 6) is -0.268. The Bertz CT molecular complexity index is 1210. The molecule has 3 aromatic rings. The maximum atomic E-state index is 12.5. The Morgan fingerprint density at radius 1 is 0.939 bits per heavy atom. The molecule has 0 heterocycles. The number of benzene rings is 2. The number of phenols is 1. The highest BCUT2D eigenvalue weighted by Gasteiger charge is 2.30. The molecule has 1 aliphatic rings. The summed E-state index contributed by atoms with van der Waals surface area (Å²) in [6, 6.07) is 14.6. The fraction of sp³-hybridized carbons (Fsp3) is 0.346. The number of aromatic hydroxyl groups is 1. The molecular formula is C26H29N3O4. The van der Waals surface area contributed by atoms with Crippen LogP contribution in [-0.2, 0) is 0 Å². The molecule has 0 spiro atoms. The van der Waals surface area contributed by atoms with E-state index >= 15 is 0 Å². The smallest absolute Gasteiger partial charge is 0.257 e. The van der Waals surface area contributed by atoms with Gasteiger partial charge in [0.05, 0.1) is 17.3 Å². The Morgan fingerprint density at radius 3 is 2.27 bits per heavy atom. The van der Waals surface area contributed by atoms with Gasteiger partial charge in [-0.15, -0.1) is 0 Å². The second-order valence-electron chi connectivity index (χ2n) is 8.87. The number of rotatable bonds is 7. The summed E-state index contributed by atoms with van der Waals surface area (Å²) in [7, 11) is 3.19. The Morgan fingerprint density at radius 2 is 1.61 bits per heavy atom.